The number of anilines is 2. The second-order valence-electron chi connectivity index (χ2n) is 5.38. The van der Waals surface area contributed by atoms with Gasteiger partial charge in [-0.15, -0.1) is 0 Å². The Morgan fingerprint density at radius 1 is 1.35 bits per heavy atom. The van der Waals surface area contributed by atoms with Gasteiger partial charge in [0.25, 0.3) is 0 Å². The van der Waals surface area contributed by atoms with Crippen molar-refractivity contribution < 1.29 is 4.79 Å². The molecule has 2 aromatic rings. The van der Waals surface area contributed by atoms with E-state index in [9.17, 15) is 4.79 Å². The number of rotatable bonds is 3. The highest BCUT2D eigenvalue weighted by Crippen LogP contribution is 2.28. The molecule has 0 spiro atoms. The van der Waals surface area contributed by atoms with E-state index in [-0.39, 0.29) is 5.28 Å². The lowest BCUT2D eigenvalue weighted by Crippen LogP contribution is -2.22. The Labute approximate surface area is 140 Å². The normalized spacial score (nSPS) is 12.1. The third kappa shape index (κ3) is 4.63. The van der Waals surface area contributed by atoms with Crippen LogP contribution in [0.15, 0.2) is 18.3 Å². The van der Waals surface area contributed by atoms with Crippen molar-refractivity contribution in [1.82, 2.24) is 15.0 Å². The van der Waals surface area contributed by atoms with Crippen molar-refractivity contribution in [2.75, 3.05) is 24.2 Å². The summed E-state index contributed by atoms with van der Waals surface area (Å²) in [5.74, 6) is 0.801. The van der Waals surface area contributed by atoms with E-state index in [1.807, 2.05) is 31.0 Å². The van der Waals surface area contributed by atoms with Crippen molar-refractivity contribution in [3.63, 3.8) is 0 Å². The van der Waals surface area contributed by atoms with Crippen LogP contribution in [0.1, 0.15) is 23.4 Å². The van der Waals surface area contributed by atoms with Gasteiger partial charge in [0.1, 0.15) is 12.1 Å². The number of aryl methyl sites for hydroxylation is 2. The van der Waals surface area contributed by atoms with Gasteiger partial charge in [0.15, 0.2) is 0 Å². The largest absolute Gasteiger partial charge is 0.397 e. The van der Waals surface area contributed by atoms with Crippen LogP contribution in [0.5, 0.6) is 0 Å². The summed E-state index contributed by atoms with van der Waals surface area (Å²) in [4.78, 5) is 24.6. The molecule has 2 aromatic heterocycles. The van der Waals surface area contributed by atoms with Gasteiger partial charge < -0.3 is 15.4 Å². The summed E-state index contributed by atoms with van der Waals surface area (Å²) in [6.45, 7) is 2.26. The first-order valence-corrected chi connectivity index (χ1v) is 7.77. The lowest BCUT2D eigenvalue weighted by atomic mass is 10.2. The Bertz CT molecular complexity index is 654. The first kappa shape index (κ1) is 17.1. The summed E-state index contributed by atoms with van der Waals surface area (Å²) in [6.07, 6.45) is 5.53. The first-order chi connectivity index (χ1) is 11.0. The number of nitrogens with zero attached hydrogens (tertiary/aromatic N) is 4. The van der Waals surface area contributed by atoms with Crippen molar-refractivity contribution in [3.8, 4) is 0 Å². The molecule has 2 N–H and O–H groups in total. The molecule has 0 bridgehead atoms. The Morgan fingerprint density at radius 2 is 2.13 bits per heavy atom. The number of pyridine rings is 1. The Hall–Kier alpha value is -2.21. The van der Waals surface area contributed by atoms with E-state index in [0.717, 1.165) is 54.0 Å². The molecule has 0 saturated heterocycles. The zero-order valence-corrected chi connectivity index (χ0v) is 14.0. The highest BCUT2D eigenvalue weighted by Gasteiger charge is 2.20. The Balaban J connectivity index is 0.000000203. The molecular formula is C16H20ClN5O. The van der Waals surface area contributed by atoms with E-state index < -0.39 is 0 Å². The van der Waals surface area contributed by atoms with Crippen LogP contribution in [0.3, 0.4) is 0 Å². The quantitative estimate of drug-likeness (QED) is 0.684. The molecule has 0 amide bonds. The summed E-state index contributed by atoms with van der Waals surface area (Å²) in [6, 6.07) is 3.72. The number of hydrogen-bond acceptors (Lipinski definition) is 6. The second-order valence-corrected chi connectivity index (χ2v) is 5.71. The molecule has 0 saturated carbocycles. The lowest BCUT2D eigenvalue weighted by molar-refractivity contribution is -0.106. The highest BCUT2D eigenvalue weighted by atomic mass is 35.5. The SMILES string of the molecule is CN(CC=O)c1nc(Cl)nc2c1CCC2.Cc1ccc(N)cn1. The van der Waals surface area contributed by atoms with Gasteiger partial charge >= 0.3 is 0 Å². The molecule has 7 heteroatoms. The average molecular weight is 334 g/mol. The predicted molar refractivity (Wildman–Crippen MR) is 91.8 cm³/mol. The number of likely N-dealkylation sites (N-methyl/N-ethyl adjacent to an activating group) is 1. The van der Waals surface area contributed by atoms with Crippen molar-refractivity contribution in [2.24, 2.45) is 0 Å². The Morgan fingerprint density at radius 3 is 2.74 bits per heavy atom. The number of aldehydes is 1. The van der Waals surface area contributed by atoms with E-state index in [4.69, 9.17) is 17.3 Å². The van der Waals surface area contributed by atoms with Crippen LogP contribution >= 0.6 is 11.6 Å². The maximum atomic E-state index is 10.5. The minimum Gasteiger partial charge on any atom is -0.397 e. The molecule has 0 radical (unpaired) electrons. The topological polar surface area (TPSA) is 85.0 Å². The molecule has 0 fully saturated rings. The maximum Gasteiger partial charge on any atom is 0.224 e. The fourth-order valence-corrected chi connectivity index (χ4v) is 2.56. The van der Waals surface area contributed by atoms with Crippen LogP contribution in [-0.2, 0) is 17.6 Å². The number of nitrogens with two attached hydrogens (primary N) is 1. The van der Waals surface area contributed by atoms with Crippen LogP contribution in [0.25, 0.3) is 0 Å². The number of carbonyl (C=O) groups is 1. The molecule has 1 aliphatic carbocycles. The van der Waals surface area contributed by atoms with Crippen LogP contribution < -0.4 is 10.6 Å². The molecule has 122 valence electrons. The molecule has 0 aromatic carbocycles. The second kappa shape index (κ2) is 7.87. The maximum absolute atomic E-state index is 10.5. The molecular weight excluding hydrogens is 314 g/mol. The number of aromatic nitrogens is 3. The standard InChI is InChI=1S/C10H12ClN3O.C6H8N2/c1-14(5-6-15)9-7-3-2-4-8(7)12-10(11)13-9;1-5-2-3-6(7)4-8-5/h6H,2-5H2,1H3;2-4H,7H2,1H3. The van der Waals surface area contributed by atoms with Gasteiger partial charge in [-0.2, -0.15) is 0 Å². The van der Waals surface area contributed by atoms with Crippen molar-refractivity contribution >= 4 is 29.4 Å². The van der Waals surface area contributed by atoms with E-state index in [0.29, 0.717) is 6.54 Å². The van der Waals surface area contributed by atoms with Crippen LogP contribution in [0.2, 0.25) is 5.28 Å². The van der Waals surface area contributed by atoms with Crippen LogP contribution in [0.4, 0.5) is 11.5 Å². The van der Waals surface area contributed by atoms with Gasteiger partial charge in [-0.1, -0.05) is 0 Å². The number of hydrogen-bond donors (Lipinski definition) is 1. The molecule has 6 nitrogen and oxygen atoms in total. The summed E-state index contributed by atoms with van der Waals surface area (Å²) in [5.41, 5.74) is 9.25. The summed E-state index contributed by atoms with van der Waals surface area (Å²) < 4.78 is 0. The fourth-order valence-electron chi connectivity index (χ4n) is 2.38. The van der Waals surface area contributed by atoms with Crippen molar-refractivity contribution in [1.29, 1.82) is 0 Å². The van der Waals surface area contributed by atoms with Crippen LogP contribution in [-0.4, -0.2) is 34.8 Å². The van der Waals surface area contributed by atoms with E-state index in [1.54, 1.807) is 6.20 Å². The summed E-state index contributed by atoms with van der Waals surface area (Å²) >= 11 is 5.84. The van der Waals surface area contributed by atoms with E-state index >= 15 is 0 Å². The minimum absolute atomic E-state index is 0.267. The third-order valence-corrected chi connectivity index (χ3v) is 3.70. The monoisotopic (exact) mass is 333 g/mol. The van der Waals surface area contributed by atoms with Crippen molar-refractivity contribution in [2.45, 2.75) is 26.2 Å². The summed E-state index contributed by atoms with van der Waals surface area (Å²) in [5, 5.41) is 0.267. The fraction of sp³-hybridized carbons (Fsp3) is 0.375. The highest BCUT2D eigenvalue weighted by molar-refractivity contribution is 6.28. The van der Waals surface area contributed by atoms with Crippen LogP contribution in [0, 0.1) is 6.92 Å². The average Bonchev–Trinajstić information content (AvgIpc) is 2.98. The molecule has 0 atom stereocenters. The summed E-state index contributed by atoms with van der Waals surface area (Å²) in [7, 11) is 1.84. The van der Waals surface area contributed by atoms with E-state index in [2.05, 4.69) is 15.0 Å². The van der Waals surface area contributed by atoms with Gasteiger partial charge in [0.2, 0.25) is 5.28 Å². The van der Waals surface area contributed by atoms with Gasteiger partial charge in [-0.25, -0.2) is 9.97 Å². The molecule has 23 heavy (non-hydrogen) atoms. The smallest absolute Gasteiger partial charge is 0.224 e. The molecule has 2 heterocycles. The molecule has 0 unspecified atom stereocenters. The number of halogens is 1. The lowest BCUT2D eigenvalue weighted by Gasteiger charge is -2.18. The molecule has 0 aliphatic heterocycles. The minimum atomic E-state index is 0.267. The predicted octanol–water partition coefficient (Wildman–Crippen LogP) is 2.23. The van der Waals surface area contributed by atoms with E-state index in [1.165, 1.54) is 0 Å². The van der Waals surface area contributed by atoms with Gasteiger partial charge in [-0.05, 0) is 49.9 Å². The Kier molecular flexibility index (Phi) is 5.87. The van der Waals surface area contributed by atoms with Gasteiger partial charge in [0.05, 0.1) is 24.1 Å². The van der Waals surface area contributed by atoms with Gasteiger partial charge in [-0.3, -0.25) is 4.98 Å². The number of nitrogen functional groups attached to an aromatic ring is 1. The number of carbonyl (C=O) groups excluding carboxylic acids is 1. The first-order valence-electron chi connectivity index (χ1n) is 7.39. The van der Waals surface area contributed by atoms with Crippen molar-refractivity contribution in [3.05, 3.63) is 40.6 Å². The number of fused-ring (bicyclic) bond motifs is 1. The molecule has 1 aliphatic rings. The zero-order valence-electron chi connectivity index (χ0n) is 13.3. The molecule has 3 rings (SSSR count). The third-order valence-electron chi connectivity index (χ3n) is 3.53. The van der Waals surface area contributed by atoms with Gasteiger partial charge in [0, 0.05) is 18.3 Å². The zero-order chi connectivity index (χ0) is 16.8.